The molecule has 2 aliphatic rings. The van der Waals surface area contributed by atoms with Gasteiger partial charge in [-0.05, 0) is 24.5 Å². The smallest absolute Gasteiger partial charge is 0.257 e. The Balaban J connectivity index is 1.35. The van der Waals surface area contributed by atoms with Gasteiger partial charge in [0.25, 0.3) is 5.91 Å². The summed E-state index contributed by atoms with van der Waals surface area (Å²) in [4.78, 5) is 34.2. The molecule has 0 saturated carbocycles. The fourth-order valence-electron chi connectivity index (χ4n) is 4.14. The lowest BCUT2D eigenvalue weighted by molar-refractivity contribution is 0.0647. The SMILES string of the molecule is COC1CCN(c2nc3ccc(CC(=O)c4c(C(=O)N5CCC5)cnn4C)cn3n2)C1. The fourth-order valence-corrected chi connectivity index (χ4v) is 4.14. The number of anilines is 1. The molecule has 0 N–H and O–H groups in total. The van der Waals surface area contributed by atoms with E-state index in [4.69, 9.17) is 4.74 Å². The molecule has 0 radical (unpaired) electrons. The standard InChI is InChI=1S/C21H25N7O3/c1-25-19(16(11-22-25)20(30)26-7-3-8-26)17(29)10-14-4-5-18-23-21(24-28(18)12-14)27-9-6-15(13-27)31-2/h4-5,11-12,15H,3,6-10,13H2,1-2H3. The molecule has 5 rings (SSSR count). The third-order valence-electron chi connectivity index (χ3n) is 6.08. The van der Waals surface area contributed by atoms with Crippen LogP contribution >= 0.6 is 0 Å². The minimum atomic E-state index is -0.147. The summed E-state index contributed by atoms with van der Waals surface area (Å²) in [5.74, 6) is 0.391. The van der Waals surface area contributed by atoms with Crippen molar-refractivity contribution >= 4 is 23.3 Å². The second-order valence-corrected chi connectivity index (χ2v) is 8.12. The van der Waals surface area contributed by atoms with Crippen LogP contribution in [-0.4, -0.2) is 80.4 Å². The second-order valence-electron chi connectivity index (χ2n) is 8.12. The molecule has 0 spiro atoms. The molecular formula is C21H25N7O3. The van der Waals surface area contributed by atoms with Crippen molar-refractivity contribution in [2.75, 3.05) is 38.2 Å². The van der Waals surface area contributed by atoms with Crippen LogP contribution < -0.4 is 4.90 Å². The molecule has 31 heavy (non-hydrogen) atoms. The Labute approximate surface area is 179 Å². The molecule has 5 heterocycles. The van der Waals surface area contributed by atoms with Crippen molar-refractivity contribution in [3.8, 4) is 0 Å². The average molecular weight is 423 g/mol. The Morgan fingerprint density at radius 3 is 2.77 bits per heavy atom. The molecule has 1 atom stereocenters. The molecule has 3 aromatic rings. The number of carbonyl (C=O) groups is 2. The van der Waals surface area contributed by atoms with Gasteiger partial charge in [-0.1, -0.05) is 6.07 Å². The van der Waals surface area contributed by atoms with Crippen molar-refractivity contribution in [1.82, 2.24) is 29.3 Å². The Morgan fingerprint density at radius 2 is 2.06 bits per heavy atom. The molecule has 0 aliphatic carbocycles. The first-order valence-electron chi connectivity index (χ1n) is 10.5. The summed E-state index contributed by atoms with van der Waals surface area (Å²) in [5.41, 5.74) is 2.24. The number of ketones is 1. The molecule has 1 unspecified atom stereocenters. The van der Waals surface area contributed by atoms with E-state index in [-0.39, 0.29) is 24.2 Å². The highest BCUT2D eigenvalue weighted by Gasteiger charge is 2.29. The number of hydrogen-bond donors (Lipinski definition) is 0. The molecule has 162 valence electrons. The number of hydrogen-bond acceptors (Lipinski definition) is 7. The van der Waals surface area contributed by atoms with E-state index >= 15 is 0 Å². The monoisotopic (exact) mass is 423 g/mol. The van der Waals surface area contributed by atoms with E-state index in [1.165, 1.54) is 10.9 Å². The summed E-state index contributed by atoms with van der Waals surface area (Å²) >= 11 is 0. The topological polar surface area (TPSA) is 97.9 Å². The number of pyridine rings is 1. The Kier molecular flexibility index (Phi) is 4.93. The summed E-state index contributed by atoms with van der Waals surface area (Å²) in [6.45, 7) is 3.09. The van der Waals surface area contributed by atoms with Crippen molar-refractivity contribution < 1.29 is 14.3 Å². The first-order valence-corrected chi connectivity index (χ1v) is 10.5. The van der Waals surface area contributed by atoms with Gasteiger partial charge in [-0.15, -0.1) is 5.10 Å². The summed E-state index contributed by atoms with van der Waals surface area (Å²) in [7, 11) is 3.41. The summed E-state index contributed by atoms with van der Waals surface area (Å²) in [6, 6.07) is 3.74. The molecular weight excluding hydrogens is 398 g/mol. The number of methoxy groups -OCH3 is 1. The number of Topliss-reactive ketones (excluding diaryl/α,β-unsaturated/α-hetero) is 1. The maximum absolute atomic E-state index is 13.1. The lowest BCUT2D eigenvalue weighted by Gasteiger charge is -2.30. The Bertz CT molecular complexity index is 1150. The minimum absolute atomic E-state index is 0.126. The molecule has 2 fully saturated rings. The molecule has 10 heteroatoms. The van der Waals surface area contributed by atoms with Crippen molar-refractivity contribution in [3.63, 3.8) is 0 Å². The molecule has 0 aromatic carbocycles. The van der Waals surface area contributed by atoms with Crippen molar-refractivity contribution in [2.24, 2.45) is 7.05 Å². The molecule has 3 aromatic heterocycles. The zero-order valence-electron chi connectivity index (χ0n) is 17.7. The maximum atomic E-state index is 13.1. The fraction of sp³-hybridized carbons (Fsp3) is 0.476. The number of aromatic nitrogens is 5. The number of aryl methyl sites for hydroxylation is 1. The maximum Gasteiger partial charge on any atom is 0.257 e. The normalized spacial score (nSPS) is 18.6. The van der Waals surface area contributed by atoms with E-state index in [1.54, 1.807) is 23.6 Å². The predicted molar refractivity (Wildman–Crippen MR) is 112 cm³/mol. The van der Waals surface area contributed by atoms with Gasteiger partial charge in [0.15, 0.2) is 11.4 Å². The third kappa shape index (κ3) is 3.56. The summed E-state index contributed by atoms with van der Waals surface area (Å²) in [6.07, 6.45) is 5.62. The van der Waals surface area contributed by atoms with Crippen LogP contribution in [0.2, 0.25) is 0 Å². The largest absolute Gasteiger partial charge is 0.380 e. The van der Waals surface area contributed by atoms with Crippen LogP contribution in [0.1, 0.15) is 39.3 Å². The minimum Gasteiger partial charge on any atom is -0.380 e. The van der Waals surface area contributed by atoms with Crippen LogP contribution in [0.4, 0.5) is 5.95 Å². The Hall–Kier alpha value is -3.27. The van der Waals surface area contributed by atoms with Crippen LogP contribution in [0.5, 0.6) is 0 Å². The van der Waals surface area contributed by atoms with Gasteiger partial charge in [0.05, 0.1) is 17.9 Å². The van der Waals surface area contributed by atoms with E-state index < -0.39 is 0 Å². The quantitative estimate of drug-likeness (QED) is 0.545. The highest BCUT2D eigenvalue weighted by atomic mass is 16.5. The third-order valence-corrected chi connectivity index (χ3v) is 6.08. The van der Waals surface area contributed by atoms with Crippen LogP contribution in [0.25, 0.3) is 5.65 Å². The van der Waals surface area contributed by atoms with Gasteiger partial charge in [0, 0.05) is 53.0 Å². The van der Waals surface area contributed by atoms with E-state index in [0.29, 0.717) is 17.2 Å². The number of likely N-dealkylation sites (tertiary alicyclic amines) is 1. The first kappa shape index (κ1) is 19.7. The van der Waals surface area contributed by atoms with Crippen LogP contribution in [0.15, 0.2) is 24.5 Å². The van der Waals surface area contributed by atoms with Gasteiger partial charge in [0.1, 0.15) is 5.69 Å². The van der Waals surface area contributed by atoms with Crippen LogP contribution in [0, 0.1) is 0 Å². The van der Waals surface area contributed by atoms with Crippen molar-refractivity contribution in [2.45, 2.75) is 25.4 Å². The molecule has 2 saturated heterocycles. The van der Waals surface area contributed by atoms with Gasteiger partial charge in [-0.2, -0.15) is 10.1 Å². The lowest BCUT2D eigenvalue weighted by atomic mass is 10.0. The van der Waals surface area contributed by atoms with Gasteiger partial charge in [-0.3, -0.25) is 14.3 Å². The van der Waals surface area contributed by atoms with Crippen LogP contribution in [0.3, 0.4) is 0 Å². The van der Waals surface area contributed by atoms with Gasteiger partial charge in [0.2, 0.25) is 5.95 Å². The number of amides is 1. The van der Waals surface area contributed by atoms with Gasteiger partial charge < -0.3 is 14.5 Å². The molecule has 2 aliphatic heterocycles. The molecule has 10 nitrogen and oxygen atoms in total. The summed E-state index contributed by atoms with van der Waals surface area (Å²) in [5, 5.41) is 8.74. The number of fused-ring (bicyclic) bond motifs is 1. The van der Waals surface area contributed by atoms with Crippen molar-refractivity contribution in [1.29, 1.82) is 0 Å². The second kappa shape index (κ2) is 7.77. The average Bonchev–Trinajstić information content (AvgIpc) is 3.43. The lowest BCUT2D eigenvalue weighted by Crippen LogP contribution is -2.42. The van der Waals surface area contributed by atoms with E-state index in [9.17, 15) is 9.59 Å². The predicted octanol–water partition coefficient (Wildman–Crippen LogP) is 0.959. The van der Waals surface area contributed by atoms with Gasteiger partial charge >= 0.3 is 0 Å². The Morgan fingerprint density at radius 1 is 1.23 bits per heavy atom. The van der Waals surface area contributed by atoms with E-state index in [0.717, 1.165) is 50.2 Å². The van der Waals surface area contributed by atoms with Crippen LogP contribution in [-0.2, 0) is 18.2 Å². The highest BCUT2D eigenvalue weighted by molar-refractivity contribution is 6.07. The zero-order valence-corrected chi connectivity index (χ0v) is 17.7. The van der Waals surface area contributed by atoms with E-state index in [1.807, 2.05) is 18.3 Å². The zero-order chi connectivity index (χ0) is 21.5. The number of ether oxygens (including phenoxy) is 1. The molecule has 1 amide bonds. The highest BCUT2D eigenvalue weighted by Crippen LogP contribution is 2.21. The molecule has 0 bridgehead atoms. The number of rotatable bonds is 6. The number of carbonyl (C=O) groups excluding carboxylic acids is 2. The van der Waals surface area contributed by atoms with Gasteiger partial charge in [-0.25, -0.2) is 4.52 Å². The van der Waals surface area contributed by atoms with Crippen molar-refractivity contribution in [3.05, 3.63) is 41.3 Å². The van der Waals surface area contributed by atoms with E-state index in [2.05, 4.69) is 20.1 Å². The summed E-state index contributed by atoms with van der Waals surface area (Å²) < 4.78 is 8.61. The first-order chi connectivity index (χ1) is 15.0. The number of nitrogens with zero attached hydrogens (tertiary/aromatic N) is 7.